The fourth-order valence-corrected chi connectivity index (χ4v) is 17.3. The van der Waals surface area contributed by atoms with Crippen molar-refractivity contribution in [2.75, 3.05) is 68.5 Å². The Kier molecular flexibility index (Phi) is 28.6. The maximum absolute atomic E-state index is 15.6. The van der Waals surface area contributed by atoms with Crippen molar-refractivity contribution in [3.8, 4) is 0 Å². The van der Waals surface area contributed by atoms with Gasteiger partial charge in [0.25, 0.3) is 0 Å². The number of hydrogen-bond donors (Lipinski definition) is 4. The molecule has 13 atom stereocenters. The molecular weight excluding hydrogens is 1320 g/mol. The number of rotatable bonds is 12. The van der Waals surface area contributed by atoms with Gasteiger partial charge in [-0.15, -0.1) is 11.6 Å². The van der Waals surface area contributed by atoms with Crippen molar-refractivity contribution in [1.29, 1.82) is 0 Å². The molecule has 28 heteroatoms. The lowest BCUT2D eigenvalue weighted by Gasteiger charge is -2.44. The van der Waals surface area contributed by atoms with Crippen LogP contribution in [0.2, 0.25) is 0 Å². The molecule has 0 aromatic heterocycles. The molecule has 24 nitrogen and oxygen atoms in total. The highest BCUT2D eigenvalue weighted by Gasteiger charge is 2.53. The van der Waals surface area contributed by atoms with E-state index in [0.717, 1.165) is 38.5 Å². The smallest absolute Gasteiger partial charge is 0.347 e. The van der Waals surface area contributed by atoms with Crippen molar-refractivity contribution in [2.24, 2.45) is 41.4 Å². The molecule has 1 spiro atoms. The third-order valence-corrected chi connectivity index (χ3v) is 23.8. The zero-order valence-electron chi connectivity index (χ0n) is 61.6. The molecule has 564 valence electrons. The number of fused-ring (bicyclic) bond motifs is 2. The Labute approximate surface area is 595 Å². The zero-order chi connectivity index (χ0) is 74.0. The van der Waals surface area contributed by atoms with Crippen LogP contribution in [-0.2, 0) is 57.5 Å². The molecule has 3 heterocycles. The van der Waals surface area contributed by atoms with E-state index >= 15 is 28.8 Å². The van der Waals surface area contributed by atoms with Gasteiger partial charge in [0.15, 0.2) is 0 Å². The third-order valence-electron chi connectivity index (χ3n) is 23.3. The Bertz CT molecular complexity index is 2940. The quantitative estimate of drug-likeness (QED) is 0.164. The maximum Gasteiger partial charge on any atom is 0.393 e. The summed E-state index contributed by atoms with van der Waals surface area (Å²) in [7, 11) is 8.81. The SMILES string of the molecule is CC[C@H](C)[C@@H]1NC(=O)[C@H](CC(C)C)N(CC)C(=O)C[C@@H](C(=O)N(C)C)N(C)C(=O)[C@H](C2CCCC2)N(C)C(=O)C2(CCCC2)NC(=O)[C@@H]2CCCN2C(=O)[C@H](CCC2CCC(C(F)(F)F)C(Cl)C2)NC(=O)CN(C)C(=O)[C@H](CC2CCC(C)CC2)N(C)C(=O)[C@@H]2CCN2C(=O)[C@H](C)NC1=O. The summed E-state index contributed by atoms with van der Waals surface area (Å²) in [5.41, 5.74) is -1.55. The Hall–Kier alpha value is -6.28. The van der Waals surface area contributed by atoms with E-state index in [1.54, 1.807) is 13.8 Å². The molecule has 4 aliphatic carbocycles. The van der Waals surface area contributed by atoms with Gasteiger partial charge in [-0.2, -0.15) is 13.2 Å². The summed E-state index contributed by atoms with van der Waals surface area (Å²) in [5.74, 6) is -10.2. The number of alkyl halides is 4. The third kappa shape index (κ3) is 19.3. The second kappa shape index (κ2) is 35.3. The standard InChI is InChI=1S/C72H116ClF3N12O12/c1-14-44(6)59-63(93)77-45(7)64(94)88-36-32-53(88)68(98)83(11)55(39-47-26-24-43(5)25-27-47)67(97)82(10)41-57(89)78-51(31-29-46-28-30-49(50(73)38-46)72(74,75)76)65(95)87-35-20-23-52(87)62(92)80-71(33-18-19-34-71)70(100)85(13)60(48-21-16-17-22-48)69(99)84(12)56(66(96)81(8)9)40-58(90)86(15-2)54(37-42(3)4)61(91)79-59/h42-56,59-60H,14-41H2,1-13H3,(H,77,93)(H,78,89)(H,79,91)(H,80,92)/t43?,44-,45-,46?,47?,49?,50?,51-,52-,53-,54-,55-,56-,59-,60-/m0/s1. The maximum atomic E-state index is 15.6. The van der Waals surface area contributed by atoms with Crippen LogP contribution in [0.3, 0.4) is 0 Å². The highest BCUT2D eigenvalue weighted by Crippen LogP contribution is 2.44. The summed E-state index contributed by atoms with van der Waals surface area (Å²) >= 11 is 6.41. The van der Waals surface area contributed by atoms with E-state index in [9.17, 15) is 41.9 Å². The van der Waals surface area contributed by atoms with Crippen molar-refractivity contribution in [2.45, 2.75) is 274 Å². The second-order valence-electron chi connectivity index (χ2n) is 31.1. The molecule has 3 unspecified atom stereocenters. The number of amides is 12. The highest BCUT2D eigenvalue weighted by molar-refractivity contribution is 6.21. The van der Waals surface area contributed by atoms with E-state index in [0.29, 0.717) is 44.4 Å². The summed E-state index contributed by atoms with van der Waals surface area (Å²) in [6.07, 6.45) is 3.89. The van der Waals surface area contributed by atoms with Crippen molar-refractivity contribution in [1.82, 2.24) is 60.5 Å². The molecule has 3 saturated heterocycles. The number of nitrogens with zero attached hydrogens (tertiary/aromatic N) is 8. The van der Waals surface area contributed by atoms with Gasteiger partial charge in [0.1, 0.15) is 59.9 Å². The number of nitrogens with one attached hydrogen (secondary N) is 4. The van der Waals surface area contributed by atoms with Gasteiger partial charge in [0, 0.05) is 67.3 Å². The topological polar surface area (TPSA) is 279 Å². The highest BCUT2D eigenvalue weighted by atomic mass is 35.5. The molecule has 0 radical (unpaired) electrons. The lowest BCUT2D eigenvalue weighted by atomic mass is 9.78. The Morgan fingerprint density at radius 1 is 0.650 bits per heavy atom. The van der Waals surface area contributed by atoms with Crippen LogP contribution in [0.5, 0.6) is 0 Å². The van der Waals surface area contributed by atoms with E-state index in [-0.39, 0.29) is 108 Å². The average Bonchev–Trinajstić information content (AvgIpc) is 1.44. The molecule has 4 saturated carbocycles. The van der Waals surface area contributed by atoms with Gasteiger partial charge in [-0.1, -0.05) is 92.4 Å². The van der Waals surface area contributed by atoms with Gasteiger partial charge < -0.3 is 60.5 Å². The molecule has 12 amide bonds. The minimum Gasteiger partial charge on any atom is -0.347 e. The lowest BCUT2D eigenvalue weighted by molar-refractivity contribution is -0.182. The first kappa shape index (κ1) is 81.0. The van der Waals surface area contributed by atoms with Gasteiger partial charge in [0.2, 0.25) is 70.9 Å². The van der Waals surface area contributed by atoms with E-state index < -0.39 is 173 Å². The van der Waals surface area contributed by atoms with Gasteiger partial charge in [-0.25, -0.2) is 0 Å². The van der Waals surface area contributed by atoms with Crippen molar-refractivity contribution < 1.29 is 70.7 Å². The molecule has 0 bridgehead atoms. The van der Waals surface area contributed by atoms with Gasteiger partial charge >= 0.3 is 6.18 Å². The van der Waals surface area contributed by atoms with Crippen LogP contribution in [-0.4, -0.2) is 250 Å². The van der Waals surface area contributed by atoms with Crippen LogP contribution in [0, 0.1) is 41.4 Å². The predicted molar refractivity (Wildman–Crippen MR) is 370 cm³/mol. The summed E-state index contributed by atoms with van der Waals surface area (Å²) < 4.78 is 42.1. The molecule has 0 aromatic carbocycles. The largest absolute Gasteiger partial charge is 0.393 e. The van der Waals surface area contributed by atoms with Crippen molar-refractivity contribution >= 4 is 82.5 Å². The minimum absolute atomic E-state index is 0.00131. The summed E-state index contributed by atoms with van der Waals surface area (Å²) in [4.78, 5) is 190. The van der Waals surface area contributed by atoms with Crippen LogP contribution < -0.4 is 21.3 Å². The first-order chi connectivity index (χ1) is 47.0. The predicted octanol–water partition coefficient (Wildman–Crippen LogP) is 6.00. The molecule has 7 aliphatic rings. The Balaban J connectivity index is 1.28. The molecule has 7 fully saturated rings. The number of carbonyl (C=O) groups excluding carboxylic acids is 12. The molecule has 7 rings (SSSR count). The second-order valence-corrected chi connectivity index (χ2v) is 31.7. The van der Waals surface area contributed by atoms with E-state index in [4.69, 9.17) is 11.6 Å². The normalized spacial score (nSPS) is 32.1. The molecular formula is C72H116ClF3N12O12. The minimum atomic E-state index is -4.51. The van der Waals surface area contributed by atoms with Crippen LogP contribution in [0.1, 0.15) is 203 Å². The summed E-state index contributed by atoms with van der Waals surface area (Å²) in [6, 6.07) is -10.8. The zero-order valence-corrected chi connectivity index (χ0v) is 62.4. The number of hydrogen-bond acceptors (Lipinski definition) is 12. The van der Waals surface area contributed by atoms with Crippen LogP contribution in [0.15, 0.2) is 0 Å². The first-order valence-corrected chi connectivity index (χ1v) is 37.6. The van der Waals surface area contributed by atoms with Crippen molar-refractivity contribution in [3.05, 3.63) is 0 Å². The average molecular weight is 1430 g/mol. The van der Waals surface area contributed by atoms with Crippen molar-refractivity contribution in [3.63, 3.8) is 0 Å². The van der Waals surface area contributed by atoms with E-state index in [2.05, 4.69) is 28.2 Å². The molecule has 100 heavy (non-hydrogen) atoms. The Morgan fingerprint density at radius 2 is 1.28 bits per heavy atom. The fraction of sp³-hybridized carbons (Fsp3) is 0.833. The van der Waals surface area contributed by atoms with Crippen LogP contribution in [0.25, 0.3) is 0 Å². The van der Waals surface area contributed by atoms with Gasteiger partial charge in [0.05, 0.1) is 18.9 Å². The summed E-state index contributed by atoms with van der Waals surface area (Å²) in [5, 5.41) is 10.4. The van der Waals surface area contributed by atoms with Crippen LogP contribution in [0.4, 0.5) is 13.2 Å². The fourth-order valence-electron chi connectivity index (χ4n) is 16.8. The van der Waals surface area contributed by atoms with E-state index in [1.165, 1.54) is 88.4 Å². The molecule has 0 aromatic rings. The lowest BCUT2D eigenvalue weighted by Crippen LogP contribution is -2.65. The van der Waals surface area contributed by atoms with Crippen LogP contribution >= 0.6 is 11.6 Å². The number of likely N-dealkylation sites (N-methyl/N-ethyl adjacent to an activating group) is 6. The summed E-state index contributed by atoms with van der Waals surface area (Å²) in [6.45, 7) is 12.3. The Morgan fingerprint density at radius 3 is 1.85 bits per heavy atom. The monoisotopic (exact) mass is 1430 g/mol. The van der Waals surface area contributed by atoms with Gasteiger partial charge in [-0.05, 0) is 139 Å². The first-order valence-electron chi connectivity index (χ1n) is 37.2. The molecule has 3 aliphatic heterocycles. The van der Waals surface area contributed by atoms with E-state index in [1.807, 2.05) is 20.8 Å². The van der Waals surface area contributed by atoms with Gasteiger partial charge in [-0.3, -0.25) is 57.5 Å². The number of carbonyl (C=O) groups is 12. The molecule has 4 N–H and O–H groups in total. The number of halogens is 4.